The molecule has 0 bridgehead atoms. The Hall–Kier alpha value is -1.82. The lowest BCUT2D eigenvalue weighted by Crippen LogP contribution is -2.47. The minimum absolute atomic E-state index is 0.0840. The van der Waals surface area contributed by atoms with Crippen LogP contribution in [0.15, 0.2) is 18.2 Å². The van der Waals surface area contributed by atoms with Crippen molar-refractivity contribution in [3.05, 3.63) is 24.0 Å². The summed E-state index contributed by atoms with van der Waals surface area (Å²) in [7, 11) is 1.49. The van der Waals surface area contributed by atoms with Crippen LogP contribution in [0.1, 0.15) is 39.0 Å². The van der Waals surface area contributed by atoms with Crippen LogP contribution in [0.2, 0.25) is 0 Å². The number of ether oxygens (including phenoxy) is 1. The Labute approximate surface area is 136 Å². The maximum absolute atomic E-state index is 13.9. The first kappa shape index (κ1) is 17.5. The minimum atomic E-state index is -0.627. The normalized spacial score (nSPS) is 16.7. The van der Waals surface area contributed by atoms with Crippen molar-refractivity contribution in [2.75, 3.05) is 19.0 Å². The highest BCUT2D eigenvalue weighted by Crippen LogP contribution is 2.25. The largest absolute Gasteiger partial charge is 0.497 e. The second kappa shape index (κ2) is 8.15. The molecule has 2 N–H and O–H groups in total. The number of halogens is 1. The van der Waals surface area contributed by atoms with E-state index in [1.165, 1.54) is 31.7 Å². The van der Waals surface area contributed by atoms with Crippen LogP contribution in [0.3, 0.4) is 0 Å². The number of nitrogens with one attached hydrogen (secondary N) is 1. The number of amides is 2. The molecule has 1 aliphatic rings. The lowest BCUT2D eigenvalue weighted by atomic mass is 9.94. The van der Waals surface area contributed by atoms with Crippen molar-refractivity contribution < 1.29 is 19.0 Å². The Balaban J connectivity index is 2.13. The van der Waals surface area contributed by atoms with Crippen LogP contribution >= 0.6 is 0 Å². The van der Waals surface area contributed by atoms with Crippen molar-refractivity contribution in [1.29, 1.82) is 0 Å². The zero-order valence-corrected chi connectivity index (χ0v) is 13.7. The summed E-state index contributed by atoms with van der Waals surface area (Å²) >= 11 is 0. The SMILES string of the molecule is COc1ccc(F)c(NC(=O)N(C[C@@H](C)O)C2CCCCC2)c1. The molecule has 1 saturated carbocycles. The van der Waals surface area contributed by atoms with Gasteiger partial charge in [0, 0.05) is 18.7 Å². The number of hydrogen-bond acceptors (Lipinski definition) is 3. The van der Waals surface area contributed by atoms with E-state index in [4.69, 9.17) is 4.74 Å². The van der Waals surface area contributed by atoms with Crippen LogP contribution in [0, 0.1) is 5.82 Å². The maximum Gasteiger partial charge on any atom is 0.322 e. The van der Waals surface area contributed by atoms with Crippen LogP contribution in [0.4, 0.5) is 14.9 Å². The van der Waals surface area contributed by atoms with Crippen molar-refractivity contribution in [1.82, 2.24) is 4.90 Å². The van der Waals surface area contributed by atoms with Gasteiger partial charge in [0.2, 0.25) is 0 Å². The molecule has 1 fully saturated rings. The van der Waals surface area contributed by atoms with E-state index in [2.05, 4.69) is 5.32 Å². The molecule has 0 spiro atoms. The topological polar surface area (TPSA) is 61.8 Å². The van der Waals surface area contributed by atoms with Gasteiger partial charge < -0.3 is 20.1 Å². The number of hydrogen-bond donors (Lipinski definition) is 2. The van der Waals surface area contributed by atoms with Crippen molar-refractivity contribution in [2.45, 2.75) is 51.2 Å². The summed E-state index contributed by atoms with van der Waals surface area (Å²) in [5.74, 6) is -0.0405. The maximum atomic E-state index is 13.9. The van der Waals surface area contributed by atoms with Crippen molar-refractivity contribution in [3.63, 3.8) is 0 Å². The predicted molar refractivity (Wildman–Crippen MR) is 87.2 cm³/mol. The van der Waals surface area contributed by atoms with Crippen molar-refractivity contribution in [3.8, 4) is 5.75 Å². The third-order valence-electron chi connectivity index (χ3n) is 4.15. The van der Waals surface area contributed by atoms with Gasteiger partial charge in [0.25, 0.3) is 0 Å². The number of urea groups is 1. The summed E-state index contributed by atoms with van der Waals surface area (Å²) in [6.45, 7) is 1.89. The van der Waals surface area contributed by atoms with E-state index in [9.17, 15) is 14.3 Å². The summed E-state index contributed by atoms with van der Waals surface area (Å²) in [4.78, 5) is 14.2. The van der Waals surface area contributed by atoms with Gasteiger partial charge in [-0.15, -0.1) is 0 Å². The quantitative estimate of drug-likeness (QED) is 0.873. The first-order valence-corrected chi connectivity index (χ1v) is 8.10. The molecule has 5 nitrogen and oxygen atoms in total. The van der Waals surface area contributed by atoms with E-state index in [1.54, 1.807) is 11.8 Å². The van der Waals surface area contributed by atoms with E-state index >= 15 is 0 Å². The lowest BCUT2D eigenvalue weighted by molar-refractivity contribution is 0.105. The molecule has 0 aromatic heterocycles. The van der Waals surface area contributed by atoms with Gasteiger partial charge in [-0.05, 0) is 31.9 Å². The first-order chi connectivity index (χ1) is 11.0. The Morgan fingerprint density at radius 1 is 1.43 bits per heavy atom. The monoisotopic (exact) mass is 324 g/mol. The summed E-state index contributed by atoms with van der Waals surface area (Å²) in [5, 5.41) is 12.3. The lowest BCUT2D eigenvalue weighted by Gasteiger charge is -2.35. The molecule has 1 aromatic carbocycles. The van der Waals surface area contributed by atoms with Gasteiger partial charge in [0.05, 0.1) is 18.9 Å². The van der Waals surface area contributed by atoms with Gasteiger partial charge in [-0.2, -0.15) is 0 Å². The minimum Gasteiger partial charge on any atom is -0.497 e. The Morgan fingerprint density at radius 2 is 2.13 bits per heavy atom. The molecule has 1 atom stereocenters. The van der Waals surface area contributed by atoms with E-state index in [0.717, 1.165) is 25.7 Å². The average Bonchev–Trinajstić information content (AvgIpc) is 2.55. The molecule has 2 rings (SSSR count). The molecule has 0 aliphatic heterocycles. The molecule has 0 saturated heterocycles. The Morgan fingerprint density at radius 3 is 2.74 bits per heavy atom. The van der Waals surface area contributed by atoms with Crippen LogP contribution in [-0.4, -0.2) is 41.8 Å². The van der Waals surface area contributed by atoms with Gasteiger partial charge in [-0.3, -0.25) is 0 Å². The molecule has 128 valence electrons. The molecule has 6 heteroatoms. The second-order valence-electron chi connectivity index (χ2n) is 6.07. The number of methoxy groups -OCH3 is 1. The third kappa shape index (κ3) is 4.82. The third-order valence-corrected chi connectivity index (χ3v) is 4.15. The molecular weight excluding hydrogens is 299 g/mol. The van der Waals surface area contributed by atoms with Crippen LogP contribution in [0.25, 0.3) is 0 Å². The van der Waals surface area contributed by atoms with Gasteiger partial charge in [-0.25, -0.2) is 9.18 Å². The predicted octanol–water partition coefficient (Wildman–Crippen LogP) is 3.38. The molecule has 0 unspecified atom stereocenters. The molecular formula is C17H25FN2O3. The molecule has 23 heavy (non-hydrogen) atoms. The number of aliphatic hydroxyl groups is 1. The van der Waals surface area contributed by atoms with Gasteiger partial charge >= 0.3 is 6.03 Å². The second-order valence-corrected chi connectivity index (χ2v) is 6.07. The number of nitrogens with zero attached hydrogens (tertiary/aromatic N) is 1. The molecule has 2 amide bonds. The number of carbonyl (C=O) groups excluding carboxylic acids is 1. The smallest absolute Gasteiger partial charge is 0.322 e. The number of benzene rings is 1. The van der Waals surface area contributed by atoms with Gasteiger partial charge in [0.15, 0.2) is 0 Å². The number of carbonyl (C=O) groups is 1. The fourth-order valence-corrected chi connectivity index (χ4v) is 2.99. The van der Waals surface area contributed by atoms with Crippen molar-refractivity contribution >= 4 is 11.7 Å². The zero-order chi connectivity index (χ0) is 16.8. The highest BCUT2D eigenvalue weighted by Gasteiger charge is 2.27. The van der Waals surface area contributed by atoms with E-state index in [1.807, 2.05) is 0 Å². The molecule has 0 heterocycles. The Kier molecular flexibility index (Phi) is 6.21. The standard InChI is InChI=1S/C17H25FN2O3/c1-12(21)11-20(13-6-4-3-5-7-13)17(22)19-16-10-14(23-2)8-9-15(16)18/h8-10,12-13,21H,3-7,11H2,1-2H3,(H,19,22)/t12-/m1/s1. The average molecular weight is 324 g/mol. The summed E-state index contributed by atoms with van der Waals surface area (Å²) in [6.07, 6.45) is 4.52. The molecule has 1 aromatic rings. The number of anilines is 1. The Bertz CT molecular complexity index is 531. The van der Waals surface area contributed by atoms with Crippen molar-refractivity contribution in [2.24, 2.45) is 0 Å². The zero-order valence-electron chi connectivity index (χ0n) is 13.7. The highest BCUT2D eigenvalue weighted by molar-refractivity contribution is 5.90. The van der Waals surface area contributed by atoms with E-state index < -0.39 is 11.9 Å². The summed E-state index contributed by atoms with van der Waals surface area (Å²) < 4.78 is 19.0. The van der Waals surface area contributed by atoms with E-state index in [-0.39, 0.29) is 24.3 Å². The molecule has 0 radical (unpaired) electrons. The number of aliphatic hydroxyl groups excluding tert-OH is 1. The summed E-state index contributed by atoms with van der Waals surface area (Å²) in [6, 6.07) is 3.92. The van der Waals surface area contributed by atoms with E-state index in [0.29, 0.717) is 5.75 Å². The van der Waals surface area contributed by atoms with Gasteiger partial charge in [-0.1, -0.05) is 19.3 Å². The van der Waals surface area contributed by atoms with Crippen LogP contribution in [-0.2, 0) is 0 Å². The van der Waals surface area contributed by atoms with Crippen LogP contribution in [0.5, 0.6) is 5.75 Å². The molecule has 1 aliphatic carbocycles. The fraction of sp³-hybridized carbons (Fsp3) is 0.588. The fourth-order valence-electron chi connectivity index (χ4n) is 2.99. The highest BCUT2D eigenvalue weighted by atomic mass is 19.1. The van der Waals surface area contributed by atoms with Gasteiger partial charge in [0.1, 0.15) is 11.6 Å². The number of rotatable bonds is 5. The van der Waals surface area contributed by atoms with Crippen LogP contribution < -0.4 is 10.1 Å². The summed E-state index contributed by atoms with van der Waals surface area (Å²) in [5.41, 5.74) is 0.0840. The first-order valence-electron chi connectivity index (χ1n) is 8.10.